The van der Waals surface area contributed by atoms with Gasteiger partial charge in [-0.1, -0.05) is 17.8 Å². The van der Waals surface area contributed by atoms with Gasteiger partial charge in [-0.2, -0.15) is 0 Å². The second kappa shape index (κ2) is 4.66. The highest BCUT2D eigenvalue weighted by molar-refractivity contribution is 7.99. The van der Waals surface area contributed by atoms with Crippen LogP contribution in [0.4, 0.5) is 0 Å². The SMILES string of the molecule is Cn1ccnc1SCCc1cccs1. The Balaban J connectivity index is 1.81. The number of aromatic nitrogens is 2. The fraction of sp³-hybridized carbons (Fsp3) is 0.300. The fourth-order valence-corrected chi connectivity index (χ4v) is 2.93. The molecule has 2 aromatic heterocycles. The predicted molar refractivity (Wildman–Crippen MR) is 62.0 cm³/mol. The van der Waals surface area contributed by atoms with Gasteiger partial charge in [0.2, 0.25) is 0 Å². The first-order chi connectivity index (χ1) is 6.86. The molecular weight excluding hydrogens is 212 g/mol. The number of thiophene rings is 1. The number of rotatable bonds is 4. The summed E-state index contributed by atoms with van der Waals surface area (Å²) >= 11 is 3.63. The highest BCUT2D eigenvalue weighted by Crippen LogP contribution is 2.18. The van der Waals surface area contributed by atoms with Crippen molar-refractivity contribution in [2.24, 2.45) is 7.05 Å². The van der Waals surface area contributed by atoms with E-state index in [0.717, 1.165) is 17.3 Å². The number of nitrogens with zero attached hydrogens (tertiary/aromatic N) is 2. The van der Waals surface area contributed by atoms with Crippen molar-refractivity contribution in [1.82, 2.24) is 9.55 Å². The van der Waals surface area contributed by atoms with Crippen molar-refractivity contribution in [3.63, 3.8) is 0 Å². The fourth-order valence-electron chi connectivity index (χ4n) is 1.19. The van der Waals surface area contributed by atoms with Crippen LogP contribution in [0.5, 0.6) is 0 Å². The molecule has 0 unspecified atom stereocenters. The maximum atomic E-state index is 4.26. The quantitative estimate of drug-likeness (QED) is 0.743. The third kappa shape index (κ3) is 2.39. The maximum Gasteiger partial charge on any atom is 0.167 e. The number of hydrogen-bond acceptors (Lipinski definition) is 3. The van der Waals surface area contributed by atoms with Gasteiger partial charge in [0.05, 0.1) is 0 Å². The Morgan fingerprint density at radius 1 is 1.57 bits per heavy atom. The molecule has 0 N–H and O–H groups in total. The molecule has 0 aromatic carbocycles. The van der Waals surface area contributed by atoms with Gasteiger partial charge >= 0.3 is 0 Å². The molecule has 74 valence electrons. The van der Waals surface area contributed by atoms with E-state index in [-0.39, 0.29) is 0 Å². The largest absolute Gasteiger partial charge is 0.329 e. The lowest BCUT2D eigenvalue weighted by molar-refractivity contribution is 0.789. The van der Waals surface area contributed by atoms with Crippen molar-refractivity contribution in [3.05, 3.63) is 34.8 Å². The minimum Gasteiger partial charge on any atom is -0.329 e. The predicted octanol–water partition coefficient (Wildman–Crippen LogP) is 2.82. The van der Waals surface area contributed by atoms with E-state index in [9.17, 15) is 0 Å². The van der Waals surface area contributed by atoms with Crippen molar-refractivity contribution in [2.75, 3.05) is 5.75 Å². The lowest BCUT2D eigenvalue weighted by atomic mass is 10.4. The molecule has 2 aromatic rings. The molecular formula is C10H12N2S2. The number of thioether (sulfide) groups is 1. The second-order valence-electron chi connectivity index (χ2n) is 3.00. The smallest absolute Gasteiger partial charge is 0.167 e. The summed E-state index contributed by atoms with van der Waals surface area (Å²) in [5.74, 6) is 1.10. The lowest BCUT2D eigenvalue weighted by Crippen LogP contribution is -1.91. The first-order valence-corrected chi connectivity index (χ1v) is 6.35. The minimum atomic E-state index is 1.10. The molecule has 2 heterocycles. The van der Waals surface area contributed by atoms with Crippen LogP contribution >= 0.6 is 23.1 Å². The van der Waals surface area contributed by atoms with Crippen molar-refractivity contribution < 1.29 is 0 Å². The average Bonchev–Trinajstić information content (AvgIpc) is 2.78. The van der Waals surface area contributed by atoms with Crippen LogP contribution in [0.1, 0.15) is 4.88 Å². The van der Waals surface area contributed by atoms with Crippen LogP contribution in [0.3, 0.4) is 0 Å². The van der Waals surface area contributed by atoms with Crippen LogP contribution in [0.2, 0.25) is 0 Å². The van der Waals surface area contributed by atoms with E-state index in [1.807, 2.05) is 42.5 Å². The zero-order chi connectivity index (χ0) is 9.80. The van der Waals surface area contributed by atoms with Gasteiger partial charge in [-0.05, 0) is 17.9 Å². The van der Waals surface area contributed by atoms with Crippen molar-refractivity contribution in [3.8, 4) is 0 Å². The molecule has 0 fully saturated rings. The highest BCUT2D eigenvalue weighted by atomic mass is 32.2. The summed E-state index contributed by atoms with van der Waals surface area (Å²) in [5, 5.41) is 3.22. The van der Waals surface area contributed by atoms with Gasteiger partial charge in [0.25, 0.3) is 0 Å². The van der Waals surface area contributed by atoms with Gasteiger partial charge in [-0.25, -0.2) is 4.98 Å². The van der Waals surface area contributed by atoms with Gasteiger partial charge in [0.15, 0.2) is 5.16 Å². The normalized spacial score (nSPS) is 10.6. The molecule has 0 saturated heterocycles. The Hall–Kier alpha value is -0.740. The Morgan fingerprint density at radius 3 is 3.14 bits per heavy atom. The number of imidazole rings is 1. The summed E-state index contributed by atoms with van der Waals surface area (Å²) in [4.78, 5) is 5.71. The summed E-state index contributed by atoms with van der Waals surface area (Å²) in [6.07, 6.45) is 4.95. The van der Waals surface area contributed by atoms with Crippen molar-refractivity contribution in [2.45, 2.75) is 11.6 Å². The summed E-state index contributed by atoms with van der Waals surface area (Å²) in [7, 11) is 2.03. The van der Waals surface area contributed by atoms with E-state index in [2.05, 4.69) is 27.1 Å². The summed E-state index contributed by atoms with van der Waals surface area (Å²) < 4.78 is 2.05. The summed E-state index contributed by atoms with van der Waals surface area (Å²) in [6.45, 7) is 0. The molecule has 0 amide bonds. The monoisotopic (exact) mass is 224 g/mol. The summed E-state index contributed by atoms with van der Waals surface area (Å²) in [6, 6.07) is 4.29. The van der Waals surface area contributed by atoms with Crippen LogP contribution in [0.15, 0.2) is 35.1 Å². The molecule has 0 saturated carbocycles. The maximum absolute atomic E-state index is 4.26. The minimum absolute atomic E-state index is 1.10. The van der Waals surface area contributed by atoms with Crippen LogP contribution < -0.4 is 0 Å². The van der Waals surface area contributed by atoms with Crippen molar-refractivity contribution >= 4 is 23.1 Å². The molecule has 0 radical (unpaired) electrons. The second-order valence-corrected chi connectivity index (χ2v) is 5.09. The molecule has 14 heavy (non-hydrogen) atoms. The Morgan fingerprint density at radius 2 is 2.50 bits per heavy atom. The van der Waals surface area contributed by atoms with Gasteiger partial charge < -0.3 is 4.57 Å². The molecule has 4 heteroatoms. The van der Waals surface area contributed by atoms with Gasteiger partial charge in [-0.3, -0.25) is 0 Å². The summed E-state index contributed by atoms with van der Waals surface area (Å²) in [5.41, 5.74) is 0. The van der Waals surface area contributed by atoms with Crippen LogP contribution in [-0.4, -0.2) is 15.3 Å². The topological polar surface area (TPSA) is 17.8 Å². The zero-order valence-electron chi connectivity index (χ0n) is 8.01. The molecule has 0 spiro atoms. The van der Waals surface area contributed by atoms with E-state index in [1.165, 1.54) is 4.88 Å². The third-order valence-corrected chi connectivity index (χ3v) is 3.93. The Bertz CT molecular complexity index is 378. The van der Waals surface area contributed by atoms with E-state index in [4.69, 9.17) is 0 Å². The van der Waals surface area contributed by atoms with Crippen LogP contribution in [0, 0.1) is 0 Å². The molecule has 2 rings (SSSR count). The number of aryl methyl sites for hydroxylation is 2. The molecule has 0 atom stereocenters. The first kappa shape index (κ1) is 9.80. The first-order valence-electron chi connectivity index (χ1n) is 4.49. The van der Waals surface area contributed by atoms with Crippen LogP contribution in [0.25, 0.3) is 0 Å². The average molecular weight is 224 g/mol. The highest BCUT2D eigenvalue weighted by Gasteiger charge is 2.00. The van der Waals surface area contributed by atoms with Crippen LogP contribution in [-0.2, 0) is 13.5 Å². The zero-order valence-corrected chi connectivity index (χ0v) is 9.64. The molecule has 0 aliphatic carbocycles. The van der Waals surface area contributed by atoms with Gasteiger partial charge in [-0.15, -0.1) is 11.3 Å². The molecule has 0 aliphatic rings. The van der Waals surface area contributed by atoms with E-state index < -0.39 is 0 Å². The molecule has 0 aliphatic heterocycles. The standard InChI is InChI=1S/C10H12N2S2/c1-12-6-5-11-10(12)14-8-4-9-3-2-7-13-9/h2-3,5-7H,4,8H2,1H3. The third-order valence-electron chi connectivity index (χ3n) is 1.94. The van der Waals surface area contributed by atoms with Crippen molar-refractivity contribution in [1.29, 1.82) is 0 Å². The van der Waals surface area contributed by atoms with Gasteiger partial charge in [0.1, 0.15) is 0 Å². The van der Waals surface area contributed by atoms with E-state index in [0.29, 0.717) is 0 Å². The molecule has 2 nitrogen and oxygen atoms in total. The van der Waals surface area contributed by atoms with E-state index >= 15 is 0 Å². The Labute approximate surface area is 92.0 Å². The number of hydrogen-bond donors (Lipinski definition) is 0. The molecule has 0 bridgehead atoms. The lowest BCUT2D eigenvalue weighted by Gasteiger charge is -1.99. The van der Waals surface area contributed by atoms with E-state index in [1.54, 1.807) is 0 Å². The Kier molecular flexibility index (Phi) is 3.26. The van der Waals surface area contributed by atoms with Gasteiger partial charge in [0, 0.05) is 30.1 Å².